The summed E-state index contributed by atoms with van der Waals surface area (Å²) in [5.74, 6) is -0.0867. The SMILES string of the molecule is CCCCN1CCC(COC(=O)c2cc(Cl)c(N)c3c2OCCO3)C(O)C1. The van der Waals surface area contributed by atoms with Crippen molar-refractivity contribution in [3.63, 3.8) is 0 Å². The van der Waals surface area contributed by atoms with E-state index in [-0.39, 0.29) is 40.3 Å². The van der Waals surface area contributed by atoms with Crippen molar-refractivity contribution in [2.75, 3.05) is 45.2 Å². The van der Waals surface area contributed by atoms with Crippen LogP contribution in [0.25, 0.3) is 0 Å². The van der Waals surface area contributed by atoms with Crippen LogP contribution in [0.5, 0.6) is 11.5 Å². The number of fused-ring (bicyclic) bond motifs is 1. The van der Waals surface area contributed by atoms with Crippen molar-refractivity contribution in [3.05, 3.63) is 16.7 Å². The summed E-state index contributed by atoms with van der Waals surface area (Å²) in [5.41, 5.74) is 6.34. The van der Waals surface area contributed by atoms with Gasteiger partial charge < -0.3 is 30.0 Å². The number of hydrogen-bond donors (Lipinski definition) is 2. The van der Waals surface area contributed by atoms with E-state index in [0.29, 0.717) is 19.8 Å². The van der Waals surface area contributed by atoms with Crippen LogP contribution in [-0.4, -0.2) is 61.5 Å². The molecule has 0 aliphatic carbocycles. The maximum Gasteiger partial charge on any atom is 0.342 e. The molecule has 8 heteroatoms. The molecular weight excluding hydrogens is 372 g/mol. The molecule has 0 amide bonds. The zero-order valence-electron chi connectivity index (χ0n) is 15.6. The van der Waals surface area contributed by atoms with Crippen LogP contribution in [0.3, 0.4) is 0 Å². The third-order valence-corrected chi connectivity index (χ3v) is 5.39. The number of aliphatic hydroxyl groups is 1. The van der Waals surface area contributed by atoms with Crippen molar-refractivity contribution in [2.45, 2.75) is 32.3 Å². The maximum atomic E-state index is 12.6. The second-order valence-corrected chi connectivity index (χ2v) is 7.45. The van der Waals surface area contributed by atoms with Gasteiger partial charge in [-0.05, 0) is 32.0 Å². The number of hydrogen-bond acceptors (Lipinski definition) is 7. The van der Waals surface area contributed by atoms with E-state index in [2.05, 4.69) is 11.8 Å². The molecule has 2 unspecified atom stereocenters. The van der Waals surface area contributed by atoms with E-state index in [1.165, 1.54) is 6.07 Å². The summed E-state index contributed by atoms with van der Waals surface area (Å²) in [6.07, 6.45) is 2.54. The lowest BCUT2D eigenvalue weighted by atomic mass is 9.94. The van der Waals surface area contributed by atoms with Gasteiger partial charge >= 0.3 is 5.97 Å². The quantitative estimate of drug-likeness (QED) is 0.561. The summed E-state index contributed by atoms with van der Waals surface area (Å²) in [4.78, 5) is 14.8. The number of esters is 1. The number of anilines is 1. The Balaban J connectivity index is 1.61. The van der Waals surface area contributed by atoms with Crippen molar-refractivity contribution in [3.8, 4) is 11.5 Å². The number of ether oxygens (including phenoxy) is 3. The van der Waals surface area contributed by atoms with Gasteiger partial charge in [0.05, 0.1) is 23.4 Å². The molecule has 7 nitrogen and oxygen atoms in total. The molecule has 1 fully saturated rings. The second-order valence-electron chi connectivity index (χ2n) is 7.04. The number of carbonyl (C=O) groups excluding carboxylic acids is 1. The van der Waals surface area contributed by atoms with Crippen molar-refractivity contribution >= 4 is 23.3 Å². The van der Waals surface area contributed by atoms with Crippen molar-refractivity contribution in [2.24, 2.45) is 5.92 Å². The van der Waals surface area contributed by atoms with Crippen LogP contribution in [0.1, 0.15) is 36.5 Å². The molecule has 0 radical (unpaired) electrons. The molecule has 150 valence electrons. The van der Waals surface area contributed by atoms with Gasteiger partial charge in [0, 0.05) is 12.5 Å². The number of nitrogens with zero attached hydrogens (tertiary/aromatic N) is 1. The number of nitrogens with two attached hydrogens (primary N) is 1. The van der Waals surface area contributed by atoms with Crippen LogP contribution in [0.15, 0.2) is 6.07 Å². The fourth-order valence-electron chi connectivity index (χ4n) is 3.43. The Morgan fingerprint density at radius 1 is 1.41 bits per heavy atom. The van der Waals surface area contributed by atoms with E-state index < -0.39 is 12.1 Å². The summed E-state index contributed by atoms with van der Waals surface area (Å²) < 4.78 is 16.5. The van der Waals surface area contributed by atoms with Crippen molar-refractivity contribution < 1.29 is 24.1 Å². The normalized spacial score (nSPS) is 22.5. The fraction of sp³-hybridized carbons (Fsp3) is 0.632. The molecule has 0 bridgehead atoms. The molecule has 1 aromatic carbocycles. The van der Waals surface area contributed by atoms with Crippen LogP contribution < -0.4 is 15.2 Å². The highest BCUT2D eigenvalue weighted by molar-refractivity contribution is 6.34. The number of aliphatic hydroxyl groups excluding tert-OH is 1. The van der Waals surface area contributed by atoms with Crippen LogP contribution in [-0.2, 0) is 4.74 Å². The van der Waals surface area contributed by atoms with Crippen LogP contribution in [0.4, 0.5) is 5.69 Å². The highest BCUT2D eigenvalue weighted by atomic mass is 35.5. The van der Waals surface area contributed by atoms with Gasteiger partial charge in [-0.25, -0.2) is 4.79 Å². The zero-order chi connectivity index (χ0) is 19.4. The van der Waals surface area contributed by atoms with Gasteiger partial charge in [-0.15, -0.1) is 0 Å². The molecule has 27 heavy (non-hydrogen) atoms. The Kier molecular flexibility index (Phi) is 6.68. The van der Waals surface area contributed by atoms with Crippen LogP contribution in [0.2, 0.25) is 5.02 Å². The first-order chi connectivity index (χ1) is 13.0. The van der Waals surface area contributed by atoms with Crippen LogP contribution >= 0.6 is 11.6 Å². The number of unbranched alkanes of at least 4 members (excludes halogenated alkanes) is 1. The van der Waals surface area contributed by atoms with Gasteiger partial charge in [-0.2, -0.15) is 0 Å². The second kappa shape index (κ2) is 8.99. The van der Waals surface area contributed by atoms with E-state index in [0.717, 1.165) is 32.4 Å². The number of carbonyl (C=O) groups is 1. The molecule has 2 aliphatic heterocycles. The fourth-order valence-corrected chi connectivity index (χ4v) is 3.63. The smallest absolute Gasteiger partial charge is 0.342 e. The van der Waals surface area contributed by atoms with E-state index in [1.807, 2.05) is 0 Å². The van der Waals surface area contributed by atoms with Gasteiger partial charge in [0.15, 0.2) is 11.5 Å². The van der Waals surface area contributed by atoms with Gasteiger partial charge in [-0.3, -0.25) is 0 Å². The molecule has 3 rings (SSSR count). The van der Waals surface area contributed by atoms with Gasteiger partial charge in [0.1, 0.15) is 18.8 Å². The number of rotatable bonds is 6. The molecule has 1 aromatic rings. The van der Waals surface area contributed by atoms with E-state index in [9.17, 15) is 9.90 Å². The summed E-state index contributed by atoms with van der Waals surface area (Å²) in [7, 11) is 0. The lowest BCUT2D eigenvalue weighted by molar-refractivity contribution is -0.0149. The summed E-state index contributed by atoms with van der Waals surface area (Å²) in [6.45, 7) is 5.48. The Morgan fingerprint density at radius 3 is 2.85 bits per heavy atom. The molecule has 3 N–H and O–H groups in total. The molecule has 2 heterocycles. The standard InChI is InChI=1S/C19H27ClN2O5/c1-2-3-5-22-6-4-12(15(23)10-22)11-27-19(24)13-9-14(20)16(21)18-17(13)25-7-8-26-18/h9,12,15,23H,2-8,10-11,21H2,1H3. The minimum atomic E-state index is -0.556. The minimum absolute atomic E-state index is 0.0796. The highest BCUT2D eigenvalue weighted by Crippen LogP contribution is 2.43. The van der Waals surface area contributed by atoms with Gasteiger partial charge in [0.25, 0.3) is 0 Å². The average molecular weight is 399 g/mol. The van der Waals surface area contributed by atoms with E-state index in [4.69, 9.17) is 31.5 Å². The summed E-state index contributed by atoms with van der Waals surface area (Å²) in [5, 5.41) is 10.6. The van der Waals surface area contributed by atoms with Crippen molar-refractivity contribution in [1.82, 2.24) is 4.90 Å². The molecule has 2 aliphatic rings. The lowest BCUT2D eigenvalue weighted by Crippen LogP contribution is -2.45. The topological polar surface area (TPSA) is 94.3 Å². The maximum absolute atomic E-state index is 12.6. The monoisotopic (exact) mass is 398 g/mol. The summed E-state index contributed by atoms with van der Waals surface area (Å²) >= 11 is 6.11. The van der Waals surface area contributed by atoms with E-state index in [1.54, 1.807) is 0 Å². The number of halogens is 1. The molecular formula is C19H27ClN2O5. The van der Waals surface area contributed by atoms with Crippen LogP contribution in [0, 0.1) is 5.92 Å². The largest absolute Gasteiger partial charge is 0.485 e. The molecule has 0 saturated carbocycles. The first kappa shape index (κ1) is 20.0. The first-order valence-corrected chi connectivity index (χ1v) is 9.84. The average Bonchev–Trinajstić information content (AvgIpc) is 2.68. The predicted octanol–water partition coefficient (Wildman–Crippen LogP) is 2.33. The van der Waals surface area contributed by atoms with Gasteiger partial charge in [0.2, 0.25) is 0 Å². The zero-order valence-corrected chi connectivity index (χ0v) is 16.3. The molecule has 1 saturated heterocycles. The molecule has 2 atom stereocenters. The number of nitrogen functional groups attached to an aromatic ring is 1. The predicted molar refractivity (Wildman–Crippen MR) is 103 cm³/mol. The third kappa shape index (κ3) is 4.59. The molecule has 0 aromatic heterocycles. The number of likely N-dealkylation sites (tertiary alicyclic amines) is 1. The first-order valence-electron chi connectivity index (χ1n) is 9.46. The number of benzene rings is 1. The Morgan fingerprint density at radius 2 is 2.15 bits per heavy atom. The van der Waals surface area contributed by atoms with E-state index >= 15 is 0 Å². The minimum Gasteiger partial charge on any atom is -0.485 e. The Labute approximate surface area is 164 Å². The lowest BCUT2D eigenvalue weighted by Gasteiger charge is -2.35. The highest BCUT2D eigenvalue weighted by Gasteiger charge is 2.30. The summed E-state index contributed by atoms with van der Waals surface area (Å²) in [6, 6.07) is 1.44. The third-order valence-electron chi connectivity index (χ3n) is 5.08. The Bertz CT molecular complexity index is 685. The van der Waals surface area contributed by atoms with Crippen molar-refractivity contribution in [1.29, 1.82) is 0 Å². The molecule has 0 spiro atoms. The van der Waals surface area contributed by atoms with Gasteiger partial charge in [-0.1, -0.05) is 24.9 Å². The number of piperidine rings is 1. The number of β-amino-alcohol motifs (C(OH)–C–C–N with tert-alkyl or cyclic N) is 1. The Hall–Kier alpha value is -1.70.